The summed E-state index contributed by atoms with van der Waals surface area (Å²) in [4.78, 5) is 21.5. The number of aliphatic hydroxyl groups excluding tert-OH is 1. The van der Waals surface area contributed by atoms with Gasteiger partial charge in [0.05, 0.1) is 6.10 Å². The zero-order chi connectivity index (χ0) is 12.0. The lowest BCUT2D eigenvalue weighted by Gasteiger charge is -2.16. The first-order chi connectivity index (χ1) is 6.90. The molecule has 15 heavy (non-hydrogen) atoms. The minimum atomic E-state index is -1.25. The third-order valence-electron chi connectivity index (χ3n) is 1.68. The van der Waals surface area contributed by atoms with Gasteiger partial charge in [-0.1, -0.05) is 0 Å². The number of carbonyl (C=O) groups is 2. The van der Waals surface area contributed by atoms with Crippen LogP contribution in [-0.4, -0.2) is 46.9 Å². The number of hydrazine groups is 1. The number of aliphatic hydroxyl groups is 1. The minimum Gasteiger partial charge on any atom is -0.480 e. The van der Waals surface area contributed by atoms with E-state index in [0.29, 0.717) is 0 Å². The molecule has 0 aromatic heterocycles. The second kappa shape index (κ2) is 6.30. The Morgan fingerprint density at radius 2 is 2.07 bits per heavy atom. The SMILES string of the molecule is C[C@@H](O)[C@H](N)C(=O)OC[C@H](NN)C(=O)O. The van der Waals surface area contributed by atoms with Crippen molar-refractivity contribution in [1.82, 2.24) is 5.43 Å². The maximum absolute atomic E-state index is 11.1. The predicted octanol–water partition coefficient (Wildman–Crippen LogP) is -2.85. The van der Waals surface area contributed by atoms with Crippen molar-refractivity contribution in [2.24, 2.45) is 11.6 Å². The number of rotatable bonds is 6. The van der Waals surface area contributed by atoms with E-state index in [1.54, 1.807) is 0 Å². The summed E-state index contributed by atoms with van der Waals surface area (Å²) in [5.74, 6) is 2.76. The number of nitrogens with two attached hydrogens (primary N) is 2. The first-order valence-corrected chi connectivity index (χ1v) is 4.19. The van der Waals surface area contributed by atoms with Crippen LogP contribution in [0.3, 0.4) is 0 Å². The number of aliphatic carboxylic acids is 1. The van der Waals surface area contributed by atoms with Gasteiger partial charge >= 0.3 is 11.9 Å². The lowest BCUT2D eigenvalue weighted by atomic mass is 10.2. The zero-order valence-corrected chi connectivity index (χ0v) is 8.21. The molecule has 3 atom stereocenters. The highest BCUT2D eigenvalue weighted by molar-refractivity contribution is 5.77. The summed E-state index contributed by atoms with van der Waals surface area (Å²) in [6.07, 6.45) is -1.06. The number of carboxylic acids is 1. The van der Waals surface area contributed by atoms with Gasteiger partial charge in [-0.15, -0.1) is 0 Å². The van der Waals surface area contributed by atoms with Crippen molar-refractivity contribution in [3.8, 4) is 0 Å². The van der Waals surface area contributed by atoms with Gasteiger partial charge in [0, 0.05) is 0 Å². The summed E-state index contributed by atoms with van der Waals surface area (Å²) in [5, 5.41) is 17.5. The molecule has 0 heterocycles. The van der Waals surface area contributed by atoms with Crippen molar-refractivity contribution in [1.29, 1.82) is 0 Å². The van der Waals surface area contributed by atoms with Gasteiger partial charge in [0.1, 0.15) is 12.6 Å². The number of ether oxygens (including phenoxy) is 1. The van der Waals surface area contributed by atoms with Crippen molar-refractivity contribution >= 4 is 11.9 Å². The standard InChI is InChI=1S/C7H15N3O5/c1-3(11)5(8)7(14)15-2-4(10-9)6(12)13/h3-5,10-11H,2,8-9H2,1H3,(H,12,13)/t3-,4+,5+/m1/s1. The fraction of sp³-hybridized carbons (Fsp3) is 0.714. The number of nitrogens with one attached hydrogen (secondary N) is 1. The van der Waals surface area contributed by atoms with E-state index < -0.39 is 36.7 Å². The average molecular weight is 221 g/mol. The van der Waals surface area contributed by atoms with Crippen molar-refractivity contribution in [2.45, 2.75) is 25.1 Å². The molecule has 0 aromatic rings. The van der Waals surface area contributed by atoms with E-state index in [9.17, 15) is 9.59 Å². The lowest BCUT2D eigenvalue weighted by Crippen LogP contribution is -2.47. The van der Waals surface area contributed by atoms with E-state index in [2.05, 4.69) is 4.74 Å². The maximum Gasteiger partial charge on any atom is 0.325 e. The summed E-state index contributed by atoms with van der Waals surface area (Å²) >= 11 is 0. The molecule has 0 bridgehead atoms. The molecule has 0 fully saturated rings. The van der Waals surface area contributed by atoms with Crippen LogP contribution in [0, 0.1) is 0 Å². The van der Waals surface area contributed by atoms with Crippen molar-refractivity contribution < 1.29 is 24.5 Å². The summed E-state index contributed by atoms with van der Waals surface area (Å²) in [6.45, 7) is 0.868. The van der Waals surface area contributed by atoms with Crippen molar-refractivity contribution in [2.75, 3.05) is 6.61 Å². The Bertz CT molecular complexity index is 233. The first kappa shape index (κ1) is 13.8. The monoisotopic (exact) mass is 221 g/mol. The lowest BCUT2D eigenvalue weighted by molar-refractivity contribution is -0.151. The highest BCUT2D eigenvalue weighted by Crippen LogP contribution is 1.94. The predicted molar refractivity (Wildman–Crippen MR) is 49.4 cm³/mol. The molecule has 7 N–H and O–H groups in total. The largest absolute Gasteiger partial charge is 0.480 e. The second-order valence-electron chi connectivity index (χ2n) is 2.95. The molecule has 0 aliphatic carbocycles. The summed E-state index contributed by atoms with van der Waals surface area (Å²) in [5.41, 5.74) is 7.19. The number of carboxylic acid groups (broad SMARTS) is 1. The number of esters is 1. The molecule has 8 heteroatoms. The Kier molecular flexibility index (Phi) is 5.79. The topological polar surface area (TPSA) is 148 Å². The average Bonchev–Trinajstić information content (AvgIpc) is 2.16. The minimum absolute atomic E-state index is 0.453. The van der Waals surface area contributed by atoms with Crippen LogP contribution < -0.4 is 17.0 Å². The van der Waals surface area contributed by atoms with Crippen LogP contribution in [0.4, 0.5) is 0 Å². The van der Waals surface area contributed by atoms with E-state index in [-0.39, 0.29) is 0 Å². The highest BCUT2D eigenvalue weighted by Gasteiger charge is 2.23. The van der Waals surface area contributed by atoms with Crippen molar-refractivity contribution in [3.63, 3.8) is 0 Å². The normalized spacial score (nSPS) is 16.5. The summed E-state index contributed by atoms with van der Waals surface area (Å²) in [6, 6.07) is -2.40. The van der Waals surface area contributed by atoms with E-state index in [4.69, 9.17) is 21.8 Å². The molecule has 88 valence electrons. The van der Waals surface area contributed by atoms with Gasteiger partial charge in [-0.25, -0.2) is 5.43 Å². The quantitative estimate of drug-likeness (QED) is 0.183. The van der Waals surface area contributed by atoms with Crippen LogP contribution in [0.2, 0.25) is 0 Å². The van der Waals surface area contributed by atoms with E-state index >= 15 is 0 Å². The molecule has 0 saturated heterocycles. The van der Waals surface area contributed by atoms with Crippen LogP contribution in [0.5, 0.6) is 0 Å². The number of hydrogen-bond donors (Lipinski definition) is 5. The molecule has 0 spiro atoms. The third-order valence-corrected chi connectivity index (χ3v) is 1.68. The van der Waals surface area contributed by atoms with Gasteiger partial charge < -0.3 is 20.7 Å². The van der Waals surface area contributed by atoms with E-state index in [0.717, 1.165) is 0 Å². The first-order valence-electron chi connectivity index (χ1n) is 4.19. The van der Waals surface area contributed by atoms with Gasteiger partial charge in [0.25, 0.3) is 0 Å². The van der Waals surface area contributed by atoms with Crippen LogP contribution in [0.1, 0.15) is 6.92 Å². The van der Waals surface area contributed by atoms with Gasteiger partial charge in [-0.2, -0.15) is 0 Å². The van der Waals surface area contributed by atoms with Gasteiger partial charge in [0.2, 0.25) is 0 Å². The fourth-order valence-corrected chi connectivity index (χ4v) is 0.649. The molecule has 0 rings (SSSR count). The Hall–Kier alpha value is -1.22. The molecule has 0 saturated carbocycles. The van der Waals surface area contributed by atoms with Crippen LogP contribution in [0.25, 0.3) is 0 Å². The van der Waals surface area contributed by atoms with E-state index in [1.807, 2.05) is 5.43 Å². The Morgan fingerprint density at radius 1 is 1.53 bits per heavy atom. The zero-order valence-electron chi connectivity index (χ0n) is 8.21. The molecule has 8 nitrogen and oxygen atoms in total. The van der Waals surface area contributed by atoms with Gasteiger partial charge in [-0.3, -0.25) is 15.4 Å². The van der Waals surface area contributed by atoms with E-state index in [1.165, 1.54) is 6.92 Å². The van der Waals surface area contributed by atoms with Crippen molar-refractivity contribution in [3.05, 3.63) is 0 Å². The fourth-order valence-electron chi connectivity index (χ4n) is 0.649. The number of carbonyl (C=O) groups excluding carboxylic acids is 1. The molecule has 0 unspecified atom stereocenters. The second-order valence-corrected chi connectivity index (χ2v) is 2.95. The number of hydrogen-bond acceptors (Lipinski definition) is 7. The third kappa shape index (κ3) is 4.70. The smallest absolute Gasteiger partial charge is 0.325 e. The van der Waals surface area contributed by atoms with Gasteiger partial charge in [-0.05, 0) is 6.92 Å². The van der Waals surface area contributed by atoms with Crippen LogP contribution >= 0.6 is 0 Å². The van der Waals surface area contributed by atoms with Gasteiger partial charge in [0.15, 0.2) is 6.04 Å². The Balaban J connectivity index is 4.04. The molecule has 0 aromatic carbocycles. The maximum atomic E-state index is 11.1. The highest BCUT2D eigenvalue weighted by atomic mass is 16.5. The summed E-state index contributed by atoms with van der Waals surface area (Å²) < 4.78 is 4.53. The molecular formula is C7H15N3O5. The molecular weight excluding hydrogens is 206 g/mol. The molecule has 0 amide bonds. The molecule has 0 aliphatic rings. The molecule has 0 radical (unpaired) electrons. The van der Waals surface area contributed by atoms with Crippen LogP contribution in [-0.2, 0) is 14.3 Å². The Morgan fingerprint density at radius 3 is 2.40 bits per heavy atom. The van der Waals surface area contributed by atoms with Crippen LogP contribution in [0.15, 0.2) is 0 Å². The Labute approximate surface area is 86.2 Å². The molecule has 0 aliphatic heterocycles. The summed E-state index contributed by atoms with van der Waals surface area (Å²) in [7, 11) is 0.